The van der Waals surface area contributed by atoms with Gasteiger partial charge in [0.2, 0.25) is 5.91 Å². The molecule has 4 aromatic rings. The highest BCUT2D eigenvalue weighted by molar-refractivity contribution is 5.99. The van der Waals surface area contributed by atoms with Crippen molar-refractivity contribution >= 4 is 28.4 Å². The molecule has 0 bridgehead atoms. The summed E-state index contributed by atoms with van der Waals surface area (Å²) in [6.45, 7) is 4.44. The SMILES string of the molecule is COCCn1c(N)c(N(Cc2ccccc2)C(=O)Cc2coc3cc(C)c(C)cc23)c(=O)[nH]c1=O. The molecule has 0 aliphatic carbocycles. The van der Waals surface area contributed by atoms with E-state index in [4.69, 9.17) is 14.9 Å². The summed E-state index contributed by atoms with van der Waals surface area (Å²) in [5, 5.41) is 0.841. The first-order valence-electron chi connectivity index (χ1n) is 11.2. The maximum atomic E-state index is 13.7. The number of fused-ring (bicyclic) bond motifs is 1. The quantitative estimate of drug-likeness (QED) is 0.403. The molecule has 0 unspecified atom stereocenters. The normalized spacial score (nSPS) is 11.2. The molecule has 0 spiro atoms. The first-order chi connectivity index (χ1) is 16.8. The van der Waals surface area contributed by atoms with Crippen LogP contribution >= 0.6 is 0 Å². The Balaban J connectivity index is 1.78. The number of nitrogens with zero attached hydrogens (tertiary/aromatic N) is 2. The highest BCUT2D eigenvalue weighted by atomic mass is 16.5. The number of aromatic nitrogens is 2. The lowest BCUT2D eigenvalue weighted by Crippen LogP contribution is -2.41. The molecule has 182 valence electrons. The van der Waals surface area contributed by atoms with Gasteiger partial charge in [-0.2, -0.15) is 0 Å². The molecular weight excluding hydrogens is 448 g/mol. The van der Waals surface area contributed by atoms with E-state index in [-0.39, 0.29) is 43.5 Å². The zero-order chi connectivity index (χ0) is 25.1. The van der Waals surface area contributed by atoms with E-state index in [2.05, 4.69) is 4.98 Å². The van der Waals surface area contributed by atoms with Gasteiger partial charge in [0.25, 0.3) is 5.56 Å². The Hall–Kier alpha value is -4.11. The average Bonchev–Trinajstić information content (AvgIpc) is 3.20. The van der Waals surface area contributed by atoms with Gasteiger partial charge in [-0.25, -0.2) is 4.79 Å². The van der Waals surface area contributed by atoms with Crippen molar-refractivity contribution in [1.82, 2.24) is 9.55 Å². The Bertz CT molecular complexity index is 1480. The third kappa shape index (κ3) is 4.90. The number of carbonyl (C=O) groups excluding carboxylic acids is 1. The van der Waals surface area contributed by atoms with E-state index in [0.29, 0.717) is 11.1 Å². The van der Waals surface area contributed by atoms with Crippen molar-refractivity contribution in [2.75, 3.05) is 24.4 Å². The van der Waals surface area contributed by atoms with Gasteiger partial charge in [-0.05, 0) is 42.7 Å². The van der Waals surface area contributed by atoms with Gasteiger partial charge in [-0.3, -0.25) is 24.0 Å². The van der Waals surface area contributed by atoms with Crippen LogP contribution in [0.4, 0.5) is 11.5 Å². The number of hydrogen-bond donors (Lipinski definition) is 2. The smallest absolute Gasteiger partial charge is 0.330 e. The minimum absolute atomic E-state index is 0.0155. The van der Waals surface area contributed by atoms with E-state index < -0.39 is 11.2 Å². The van der Waals surface area contributed by atoms with Gasteiger partial charge in [-0.1, -0.05) is 30.3 Å². The topological polar surface area (TPSA) is 124 Å². The number of anilines is 2. The van der Waals surface area contributed by atoms with Gasteiger partial charge in [-0.15, -0.1) is 0 Å². The molecule has 2 aromatic heterocycles. The van der Waals surface area contributed by atoms with Crippen LogP contribution in [-0.2, 0) is 29.0 Å². The molecule has 35 heavy (non-hydrogen) atoms. The number of carbonyl (C=O) groups is 1. The molecule has 2 heterocycles. The summed E-state index contributed by atoms with van der Waals surface area (Å²) < 4.78 is 12.0. The van der Waals surface area contributed by atoms with Crippen LogP contribution in [0.1, 0.15) is 22.3 Å². The summed E-state index contributed by atoms with van der Waals surface area (Å²) in [4.78, 5) is 42.6. The molecule has 0 saturated carbocycles. The second-order valence-corrected chi connectivity index (χ2v) is 8.47. The number of furan rings is 1. The lowest BCUT2D eigenvalue weighted by atomic mass is 10.0. The van der Waals surface area contributed by atoms with Crippen molar-refractivity contribution in [1.29, 1.82) is 0 Å². The number of rotatable bonds is 8. The molecule has 1 amide bonds. The van der Waals surface area contributed by atoms with E-state index >= 15 is 0 Å². The minimum atomic E-state index is -0.728. The molecule has 0 aliphatic rings. The number of nitrogen functional groups attached to an aromatic ring is 1. The number of amides is 1. The number of H-pyrrole nitrogens is 1. The van der Waals surface area contributed by atoms with Crippen LogP contribution in [0.5, 0.6) is 0 Å². The average molecular weight is 477 g/mol. The fourth-order valence-corrected chi connectivity index (χ4v) is 4.03. The Morgan fingerprint density at radius 3 is 2.57 bits per heavy atom. The van der Waals surface area contributed by atoms with Crippen LogP contribution in [0.2, 0.25) is 0 Å². The second-order valence-electron chi connectivity index (χ2n) is 8.47. The van der Waals surface area contributed by atoms with Gasteiger partial charge in [0, 0.05) is 18.1 Å². The summed E-state index contributed by atoms with van der Waals surface area (Å²) in [7, 11) is 1.50. The molecule has 0 fully saturated rings. The summed E-state index contributed by atoms with van der Waals surface area (Å²) in [5.41, 5.74) is 9.20. The maximum Gasteiger partial charge on any atom is 0.330 e. The molecule has 0 saturated heterocycles. The van der Waals surface area contributed by atoms with Gasteiger partial charge in [0.15, 0.2) is 5.69 Å². The fraction of sp³-hybridized carbons (Fsp3) is 0.269. The van der Waals surface area contributed by atoms with Crippen LogP contribution < -0.4 is 21.9 Å². The lowest BCUT2D eigenvalue weighted by Gasteiger charge is -2.24. The van der Waals surface area contributed by atoms with Gasteiger partial charge < -0.3 is 14.9 Å². The Morgan fingerprint density at radius 2 is 1.86 bits per heavy atom. The predicted octanol–water partition coefficient (Wildman–Crippen LogP) is 2.90. The van der Waals surface area contributed by atoms with Crippen molar-refractivity contribution in [3.63, 3.8) is 0 Å². The minimum Gasteiger partial charge on any atom is -0.464 e. The number of nitrogens with two attached hydrogens (primary N) is 1. The molecule has 9 heteroatoms. The van der Waals surface area contributed by atoms with Crippen LogP contribution in [0, 0.1) is 13.8 Å². The Morgan fingerprint density at radius 1 is 1.14 bits per heavy atom. The van der Waals surface area contributed by atoms with Crippen molar-refractivity contribution in [3.05, 3.63) is 91.8 Å². The van der Waals surface area contributed by atoms with E-state index in [1.165, 1.54) is 16.6 Å². The number of ether oxygens (including phenoxy) is 1. The molecule has 2 aromatic carbocycles. The number of aromatic amines is 1. The first-order valence-corrected chi connectivity index (χ1v) is 11.2. The first kappa shape index (κ1) is 24.0. The summed E-state index contributed by atoms with van der Waals surface area (Å²) >= 11 is 0. The van der Waals surface area contributed by atoms with Crippen LogP contribution in [0.3, 0.4) is 0 Å². The third-order valence-corrected chi connectivity index (χ3v) is 6.10. The predicted molar refractivity (Wildman–Crippen MR) is 135 cm³/mol. The molecule has 0 aliphatic heterocycles. The van der Waals surface area contributed by atoms with E-state index in [1.54, 1.807) is 6.26 Å². The maximum absolute atomic E-state index is 13.7. The van der Waals surface area contributed by atoms with E-state index in [1.807, 2.05) is 56.3 Å². The zero-order valence-electron chi connectivity index (χ0n) is 20.0. The lowest BCUT2D eigenvalue weighted by molar-refractivity contribution is -0.118. The monoisotopic (exact) mass is 476 g/mol. The highest BCUT2D eigenvalue weighted by Crippen LogP contribution is 2.27. The summed E-state index contributed by atoms with van der Waals surface area (Å²) in [6.07, 6.45) is 1.55. The van der Waals surface area contributed by atoms with Crippen LogP contribution in [0.25, 0.3) is 11.0 Å². The van der Waals surface area contributed by atoms with Crippen molar-refractivity contribution < 1.29 is 13.9 Å². The van der Waals surface area contributed by atoms with Gasteiger partial charge in [0.1, 0.15) is 11.4 Å². The van der Waals surface area contributed by atoms with Gasteiger partial charge >= 0.3 is 5.69 Å². The van der Waals surface area contributed by atoms with Crippen molar-refractivity contribution in [2.45, 2.75) is 33.4 Å². The third-order valence-electron chi connectivity index (χ3n) is 6.10. The molecule has 0 atom stereocenters. The number of benzene rings is 2. The van der Waals surface area contributed by atoms with Crippen molar-refractivity contribution in [3.8, 4) is 0 Å². The van der Waals surface area contributed by atoms with Crippen LogP contribution in [-0.4, -0.2) is 29.2 Å². The number of nitrogens with one attached hydrogen (secondary N) is 1. The van der Waals surface area contributed by atoms with Crippen LogP contribution in [0.15, 0.2) is 62.7 Å². The molecular formula is C26H28N4O5. The van der Waals surface area contributed by atoms with Gasteiger partial charge in [0.05, 0.1) is 32.4 Å². The Kier molecular flexibility index (Phi) is 6.88. The zero-order valence-corrected chi connectivity index (χ0v) is 20.0. The standard InChI is InChI=1S/C26H28N4O5/c1-16-11-20-19(15-35-21(20)12-17(16)2)13-22(31)30(14-18-7-5-4-6-8-18)23-24(27)29(9-10-34-3)26(33)28-25(23)32/h4-8,11-12,15H,9-10,13-14,27H2,1-3H3,(H,28,32,33). The fourth-order valence-electron chi connectivity index (χ4n) is 4.03. The summed E-state index contributed by atoms with van der Waals surface area (Å²) in [5.74, 6) is -0.451. The van der Waals surface area contributed by atoms with E-state index in [9.17, 15) is 14.4 Å². The number of aryl methyl sites for hydroxylation is 2. The highest BCUT2D eigenvalue weighted by Gasteiger charge is 2.26. The van der Waals surface area contributed by atoms with Crippen molar-refractivity contribution in [2.24, 2.45) is 0 Å². The summed E-state index contributed by atoms with van der Waals surface area (Å²) in [6, 6.07) is 13.2. The molecule has 0 radical (unpaired) electrons. The van der Waals surface area contributed by atoms with E-state index in [0.717, 1.165) is 22.1 Å². The largest absolute Gasteiger partial charge is 0.464 e. The number of methoxy groups -OCH3 is 1. The number of hydrogen-bond acceptors (Lipinski definition) is 6. The second kappa shape index (κ2) is 10.0. The molecule has 3 N–H and O–H groups in total. The molecule has 4 rings (SSSR count). The Labute approximate surface area is 201 Å². The molecule has 9 nitrogen and oxygen atoms in total.